The largest absolute Gasteiger partial charge is 0.347 e. The third kappa shape index (κ3) is 2.98. The van der Waals surface area contributed by atoms with E-state index in [1.165, 1.54) is 16.5 Å². The molecule has 0 saturated heterocycles. The van der Waals surface area contributed by atoms with Crippen molar-refractivity contribution in [1.29, 1.82) is 0 Å². The fraction of sp³-hybridized carbons (Fsp3) is 0.158. The summed E-state index contributed by atoms with van der Waals surface area (Å²) in [7, 11) is 0. The third-order valence-corrected chi connectivity index (χ3v) is 5.15. The monoisotopic (exact) mass is 414 g/mol. The standard InChI is InChI=1S/C19H16BrClN4/c1-2-24-12-17(16-11-14(20)5-8-18(16)24)19(25-10-9-22-23-25)13-3-6-15(21)7-4-13/h3-12,19H,2H2,1H3. The molecule has 4 rings (SSSR count). The topological polar surface area (TPSA) is 35.6 Å². The van der Waals surface area contributed by atoms with Gasteiger partial charge in [-0.1, -0.05) is 44.9 Å². The van der Waals surface area contributed by atoms with E-state index in [9.17, 15) is 0 Å². The Labute approximate surface area is 159 Å². The van der Waals surface area contributed by atoms with Crippen molar-refractivity contribution >= 4 is 38.4 Å². The van der Waals surface area contributed by atoms with Crippen molar-refractivity contribution in [1.82, 2.24) is 19.6 Å². The maximum Gasteiger partial charge on any atom is 0.106 e. The van der Waals surface area contributed by atoms with Crippen molar-refractivity contribution in [3.63, 3.8) is 0 Å². The maximum absolute atomic E-state index is 6.08. The van der Waals surface area contributed by atoms with Crippen molar-refractivity contribution in [3.8, 4) is 0 Å². The van der Waals surface area contributed by atoms with E-state index in [4.69, 9.17) is 11.6 Å². The number of aryl methyl sites for hydroxylation is 1. The average Bonchev–Trinajstić information content (AvgIpc) is 3.25. The van der Waals surface area contributed by atoms with E-state index in [1.807, 2.05) is 35.1 Å². The molecule has 4 aromatic rings. The Balaban J connectivity index is 1.98. The predicted molar refractivity (Wildman–Crippen MR) is 104 cm³/mol. The predicted octanol–water partition coefficient (Wildman–Crippen LogP) is 5.31. The molecule has 25 heavy (non-hydrogen) atoms. The fourth-order valence-electron chi connectivity index (χ4n) is 3.25. The minimum atomic E-state index is -0.0654. The van der Waals surface area contributed by atoms with Crippen molar-refractivity contribution in [3.05, 3.63) is 81.7 Å². The van der Waals surface area contributed by atoms with Crippen LogP contribution in [0.15, 0.2) is 65.5 Å². The molecule has 0 fully saturated rings. The van der Waals surface area contributed by atoms with Gasteiger partial charge in [-0.25, -0.2) is 4.68 Å². The molecule has 0 radical (unpaired) electrons. The summed E-state index contributed by atoms with van der Waals surface area (Å²) in [4.78, 5) is 0. The van der Waals surface area contributed by atoms with E-state index in [0.29, 0.717) is 0 Å². The molecule has 0 amide bonds. The lowest BCUT2D eigenvalue weighted by Gasteiger charge is -2.17. The summed E-state index contributed by atoms with van der Waals surface area (Å²) in [5.41, 5.74) is 3.51. The number of fused-ring (bicyclic) bond motifs is 1. The lowest BCUT2D eigenvalue weighted by Crippen LogP contribution is -2.13. The molecule has 126 valence electrons. The Bertz CT molecular complexity index is 1010. The van der Waals surface area contributed by atoms with Crippen LogP contribution in [0.5, 0.6) is 0 Å². The summed E-state index contributed by atoms with van der Waals surface area (Å²) in [6, 6.07) is 14.2. The molecule has 6 heteroatoms. The van der Waals surface area contributed by atoms with Gasteiger partial charge < -0.3 is 4.57 Å². The average molecular weight is 416 g/mol. The van der Waals surface area contributed by atoms with E-state index in [2.05, 4.69) is 62.1 Å². The zero-order chi connectivity index (χ0) is 17.4. The Hall–Kier alpha value is -2.11. The van der Waals surface area contributed by atoms with Gasteiger partial charge in [-0.15, -0.1) is 5.10 Å². The van der Waals surface area contributed by atoms with Crippen LogP contribution in [0.4, 0.5) is 0 Å². The molecule has 0 aliphatic carbocycles. The lowest BCUT2D eigenvalue weighted by molar-refractivity contribution is 0.572. The number of nitrogens with zero attached hydrogens (tertiary/aromatic N) is 4. The zero-order valence-electron chi connectivity index (χ0n) is 13.6. The van der Waals surface area contributed by atoms with Crippen LogP contribution in [0, 0.1) is 0 Å². The molecule has 0 aliphatic rings. The number of benzene rings is 2. The molecule has 0 bridgehead atoms. The highest BCUT2D eigenvalue weighted by molar-refractivity contribution is 9.10. The first-order chi connectivity index (χ1) is 12.2. The first kappa shape index (κ1) is 16.4. The van der Waals surface area contributed by atoms with Crippen LogP contribution in [-0.4, -0.2) is 19.6 Å². The Morgan fingerprint density at radius 1 is 1.16 bits per heavy atom. The van der Waals surface area contributed by atoms with Gasteiger partial charge in [-0.05, 0) is 42.8 Å². The highest BCUT2D eigenvalue weighted by Crippen LogP contribution is 2.35. The zero-order valence-corrected chi connectivity index (χ0v) is 15.9. The molecule has 2 aromatic carbocycles. The van der Waals surface area contributed by atoms with E-state index in [0.717, 1.165) is 21.6 Å². The summed E-state index contributed by atoms with van der Waals surface area (Å²) in [6.45, 7) is 3.06. The third-order valence-electron chi connectivity index (χ3n) is 4.40. The van der Waals surface area contributed by atoms with Gasteiger partial charge in [0.1, 0.15) is 6.04 Å². The Kier molecular flexibility index (Phi) is 4.36. The molecule has 0 N–H and O–H groups in total. The quantitative estimate of drug-likeness (QED) is 0.453. The molecule has 2 aromatic heterocycles. The van der Waals surface area contributed by atoms with Crippen molar-refractivity contribution in [2.45, 2.75) is 19.5 Å². The van der Waals surface area contributed by atoms with Crippen molar-refractivity contribution in [2.24, 2.45) is 0 Å². The SMILES string of the molecule is CCn1cc(C(c2ccc(Cl)cc2)n2ccnn2)c2cc(Br)ccc21. The summed E-state index contributed by atoms with van der Waals surface area (Å²) in [5, 5.41) is 10.2. The van der Waals surface area contributed by atoms with Gasteiger partial charge >= 0.3 is 0 Å². The lowest BCUT2D eigenvalue weighted by atomic mass is 9.98. The first-order valence-corrected chi connectivity index (χ1v) is 9.24. The molecule has 2 heterocycles. The minimum absolute atomic E-state index is 0.0654. The highest BCUT2D eigenvalue weighted by Gasteiger charge is 2.22. The van der Waals surface area contributed by atoms with Crippen LogP contribution in [-0.2, 0) is 6.54 Å². The van der Waals surface area contributed by atoms with E-state index in [1.54, 1.807) is 6.20 Å². The van der Waals surface area contributed by atoms with E-state index < -0.39 is 0 Å². The van der Waals surface area contributed by atoms with Gasteiger partial charge in [0.25, 0.3) is 0 Å². The molecule has 1 unspecified atom stereocenters. The molecular weight excluding hydrogens is 400 g/mol. The maximum atomic E-state index is 6.08. The van der Waals surface area contributed by atoms with Gasteiger partial charge in [0, 0.05) is 44.9 Å². The van der Waals surface area contributed by atoms with Crippen LogP contribution in [0.1, 0.15) is 24.1 Å². The Morgan fingerprint density at radius 2 is 1.96 bits per heavy atom. The molecule has 0 spiro atoms. The molecule has 0 aliphatic heterocycles. The van der Waals surface area contributed by atoms with Crippen molar-refractivity contribution < 1.29 is 0 Å². The van der Waals surface area contributed by atoms with Crippen LogP contribution < -0.4 is 0 Å². The van der Waals surface area contributed by atoms with E-state index >= 15 is 0 Å². The summed E-state index contributed by atoms with van der Waals surface area (Å²) >= 11 is 9.68. The fourth-order valence-corrected chi connectivity index (χ4v) is 3.74. The highest BCUT2D eigenvalue weighted by atomic mass is 79.9. The normalized spacial score (nSPS) is 12.6. The van der Waals surface area contributed by atoms with E-state index in [-0.39, 0.29) is 6.04 Å². The van der Waals surface area contributed by atoms with Crippen LogP contribution in [0.25, 0.3) is 10.9 Å². The number of hydrogen-bond donors (Lipinski definition) is 0. The Morgan fingerprint density at radius 3 is 2.64 bits per heavy atom. The second kappa shape index (κ2) is 6.65. The van der Waals surface area contributed by atoms with Gasteiger partial charge in [0.15, 0.2) is 0 Å². The van der Waals surface area contributed by atoms with Crippen LogP contribution in [0.2, 0.25) is 5.02 Å². The number of rotatable bonds is 4. The first-order valence-electron chi connectivity index (χ1n) is 8.07. The van der Waals surface area contributed by atoms with Gasteiger partial charge in [-0.2, -0.15) is 0 Å². The molecular formula is C19H16BrClN4. The van der Waals surface area contributed by atoms with Crippen molar-refractivity contribution in [2.75, 3.05) is 0 Å². The minimum Gasteiger partial charge on any atom is -0.347 e. The summed E-state index contributed by atoms with van der Waals surface area (Å²) < 4.78 is 5.21. The molecule has 1 atom stereocenters. The van der Waals surface area contributed by atoms with Gasteiger partial charge in [0.2, 0.25) is 0 Å². The number of hydrogen-bond acceptors (Lipinski definition) is 2. The number of aromatic nitrogens is 4. The summed E-state index contributed by atoms with van der Waals surface area (Å²) in [6.07, 6.45) is 5.81. The van der Waals surface area contributed by atoms with Gasteiger partial charge in [0.05, 0.1) is 6.20 Å². The second-order valence-corrected chi connectivity index (χ2v) is 7.22. The summed E-state index contributed by atoms with van der Waals surface area (Å²) in [5.74, 6) is 0. The molecule has 4 nitrogen and oxygen atoms in total. The smallest absolute Gasteiger partial charge is 0.106 e. The van der Waals surface area contributed by atoms with Gasteiger partial charge in [-0.3, -0.25) is 0 Å². The van der Waals surface area contributed by atoms with Crippen LogP contribution >= 0.6 is 27.5 Å². The van der Waals surface area contributed by atoms with Crippen LogP contribution in [0.3, 0.4) is 0 Å². The number of halogens is 2. The molecule has 0 saturated carbocycles. The second-order valence-electron chi connectivity index (χ2n) is 5.87.